The molecular weight excluding hydrogens is 316 g/mol. The van der Waals surface area contributed by atoms with Gasteiger partial charge in [0.25, 0.3) is 0 Å². The van der Waals surface area contributed by atoms with Gasteiger partial charge in [0.15, 0.2) is 0 Å². The number of hydrogen-bond acceptors (Lipinski definition) is 4. The van der Waals surface area contributed by atoms with Gasteiger partial charge in [-0.25, -0.2) is 0 Å². The Hall–Kier alpha value is -0.810. The molecule has 0 saturated heterocycles. The smallest absolute Gasteiger partial charge is 0.325 e. The molecule has 6 heteroatoms. The van der Waals surface area contributed by atoms with Crippen molar-refractivity contribution in [1.29, 1.82) is 0 Å². The molecule has 136 valence electrons. The molecule has 0 aromatic heterocycles. The Balaban J connectivity index is 0.00000484. The highest BCUT2D eigenvalue weighted by atomic mass is 35.5. The number of carbonyl (C=O) groups excluding carboxylic acids is 2. The first-order valence-electron chi connectivity index (χ1n) is 8.56. The summed E-state index contributed by atoms with van der Waals surface area (Å²) in [6.07, 6.45) is 6.01. The molecule has 1 saturated carbocycles. The fraction of sp³-hybridized carbons (Fsp3) is 0.882. The fourth-order valence-corrected chi connectivity index (χ4v) is 3.25. The Morgan fingerprint density at radius 2 is 1.83 bits per heavy atom. The van der Waals surface area contributed by atoms with E-state index in [0.29, 0.717) is 32.0 Å². The third-order valence-corrected chi connectivity index (χ3v) is 4.44. The lowest BCUT2D eigenvalue weighted by Gasteiger charge is -2.37. The maximum Gasteiger partial charge on any atom is 0.325 e. The summed E-state index contributed by atoms with van der Waals surface area (Å²) >= 11 is 0. The number of nitrogens with two attached hydrogens (primary N) is 1. The van der Waals surface area contributed by atoms with Crippen molar-refractivity contribution in [3.05, 3.63) is 0 Å². The SMILES string of the molecule is CCOC(=O)CN(CC(C)C)C(=O)CC1(CN)CCCCC1.Cl. The Labute approximate surface area is 146 Å². The van der Waals surface area contributed by atoms with Crippen LogP contribution < -0.4 is 5.73 Å². The Morgan fingerprint density at radius 3 is 2.30 bits per heavy atom. The summed E-state index contributed by atoms with van der Waals surface area (Å²) in [7, 11) is 0. The zero-order chi connectivity index (χ0) is 16.6. The number of esters is 1. The Morgan fingerprint density at radius 1 is 1.22 bits per heavy atom. The molecule has 0 aliphatic heterocycles. The fourth-order valence-electron chi connectivity index (χ4n) is 3.25. The van der Waals surface area contributed by atoms with Gasteiger partial charge in [-0.1, -0.05) is 33.1 Å². The molecule has 0 atom stereocenters. The molecule has 0 radical (unpaired) electrons. The van der Waals surface area contributed by atoms with Gasteiger partial charge in [-0.05, 0) is 37.6 Å². The molecule has 1 aliphatic rings. The molecule has 1 aliphatic carbocycles. The van der Waals surface area contributed by atoms with E-state index >= 15 is 0 Å². The molecule has 0 spiro atoms. The van der Waals surface area contributed by atoms with E-state index < -0.39 is 0 Å². The van der Waals surface area contributed by atoms with Crippen molar-refractivity contribution in [3.63, 3.8) is 0 Å². The van der Waals surface area contributed by atoms with Crippen LogP contribution in [-0.4, -0.2) is 43.0 Å². The summed E-state index contributed by atoms with van der Waals surface area (Å²) in [6.45, 7) is 7.39. The van der Waals surface area contributed by atoms with Crippen LogP contribution in [0, 0.1) is 11.3 Å². The van der Waals surface area contributed by atoms with Crippen LogP contribution >= 0.6 is 12.4 Å². The van der Waals surface area contributed by atoms with Crippen molar-refractivity contribution in [2.75, 3.05) is 26.2 Å². The second kappa shape index (κ2) is 10.9. The van der Waals surface area contributed by atoms with Crippen LogP contribution in [0.15, 0.2) is 0 Å². The average Bonchev–Trinajstić information content (AvgIpc) is 2.47. The highest BCUT2D eigenvalue weighted by molar-refractivity contribution is 5.85. The first kappa shape index (κ1) is 22.2. The van der Waals surface area contributed by atoms with Gasteiger partial charge in [0.2, 0.25) is 5.91 Å². The number of nitrogens with zero attached hydrogens (tertiary/aromatic N) is 1. The number of halogens is 1. The molecule has 5 nitrogen and oxygen atoms in total. The molecule has 0 bridgehead atoms. The monoisotopic (exact) mass is 348 g/mol. The lowest BCUT2D eigenvalue weighted by Crippen LogP contribution is -2.44. The van der Waals surface area contributed by atoms with E-state index in [2.05, 4.69) is 0 Å². The second-order valence-electron chi connectivity index (χ2n) is 6.91. The maximum absolute atomic E-state index is 12.7. The molecule has 1 fully saturated rings. The van der Waals surface area contributed by atoms with Crippen molar-refractivity contribution in [2.24, 2.45) is 17.1 Å². The quantitative estimate of drug-likeness (QED) is 0.684. The van der Waals surface area contributed by atoms with Crippen LogP contribution in [0.4, 0.5) is 0 Å². The van der Waals surface area contributed by atoms with Crippen molar-refractivity contribution >= 4 is 24.3 Å². The number of carbonyl (C=O) groups is 2. The first-order valence-corrected chi connectivity index (χ1v) is 8.56. The third-order valence-electron chi connectivity index (χ3n) is 4.44. The maximum atomic E-state index is 12.7. The van der Waals surface area contributed by atoms with E-state index in [1.165, 1.54) is 6.42 Å². The van der Waals surface area contributed by atoms with Crippen LogP contribution in [0.2, 0.25) is 0 Å². The van der Waals surface area contributed by atoms with Gasteiger partial charge >= 0.3 is 5.97 Å². The van der Waals surface area contributed by atoms with Gasteiger partial charge in [-0.2, -0.15) is 0 Å². The summed E-state index contributed by atoms with van der Waals surface area (Å²) in [6, 6.07) is 0. The minimum absolute atomic E-state index is 0. The zero-order valence-corrected chi connectivity index (χ0v) is 15.6. The van der Waals surface area contributed by atoms with E-state index in [9.17, 15) is 9.59 Å². The average molecular weight is 349 g/mol. The summed E-state index contributed by atoms with van der Waals surface area (Å²) in [5.74, 6) is 0.0228. The molecule has 1 rings (SSSR count). The van der Waals surface area contributed by atoms with Crippen molar-refractivity contribution < 1.29 is 14.3 Å². The van der Waals surface area contributed by atoms with Gasteiger partial charge in [-0.15, -0.1) is 12.4 Å². The lowest BCUT2D eigenvalue weighted by atomic mass is 9.71. The van der Waals surface area contributed by atoms with E-state index in [1.54, 1.807) is 11.8 Å². The molecule has 2 N–H and O–H groups in total. The van der Waals surface area contributed by atoms with Gasteiger partial charge in [0, 0.05) is 13.0 Å². The zero-order valence-electron chi connectivity index (χ0n) is 14.8. The highest BCUT2D eigenvalue weighted by Gasteiger charge is 2.35. The minimum Gasteiger partial charge on any atom is -0.465 e. The van der Waals surface area contributed by atoms with Gasteiger partial charge in [0.05, 0.1) is 6.61 Å². The predicted molar refractivity (Wildman–Crippen MR) is 94.5 cm³/mol. The molecule has 0 unspecified atom stereocenters. The summed E-state index contributed by atoms with van der Waals surface area (Å²) in [4.78, 5) is 26.1. The lowest BCUT2D eigenvalue weighted by molar-refractivity contribution is -0.150. The highest BCUT2D eigenvalue weighted by Crippen LogP contribution is 2.38. The number of rotatable bonds is 8. The van der Waals surface area contributed by atoms with Crippen LogP contribution in [0.5, 0.6) is 0 Å². The minimum atomic E-state index is -0.332. The summed E-state index contributed by atoms with van der Waals surface area (Å²) in [5, 5.41) is 0. The van der Waals surface area contributed by atoms with E-state index in [0.717, 1.165) is 25.7 Å². The van der Waals surface area contributed by atoms with Crippen LogP contribution in [0.3, 0.4) is 0 Å². The molecule has 0 aromatic carbocycles. The summed E-state index contributed by atoms with van der Waals surface area (Å²) in [5.41, 5.74) is 5.90. The molecule has 23 heavy (non-hydrogen) atoms. The number of amides is 1. The van der Waals surface area contributed by atoms with Crippen molar-refractivity contribution in [2.45, 2.75) is 59.3 Å². The van der Waals surface area contributed by atoms with Crippen molar-refractivity contribution in [1.82, 2.24) is 4.90 Å². The van der Waals surface area contributed by atoms with Gasteiger partial charge in [0.1, 0.15) is 6.54 Å². The van der Waals surface area contributed by atoms with E-state index in [-0.39, 0.29) is 36.2 Å². The number of hydrogen-bond donors (Lipinski definition) is 1. The van der Waals surface area contributed by atoms with Crippen LogP contribution in [0.25, 0.3) is 0 Å². The van der Waals surface area contributed by atoms with Gasteiger partial charge in [-0.3, -0.25) is 9.59 Å². The standard InChI is InChI=1S/C17H32N2O3.ClH/c1-4-22-16(21)12-19(11-14(2)3)15(20)10-17(13-18)8-6-5-7-9-17;/h14H,4-13,18H2,1-3H3;1H. The normalized spacial score (nSPS) is 16.6. The van der Waals surface area contributed by atoms with Gasteiger partial charge < -0.3 is 15.4 Å². The molecule has 0 heterocycles. The van der Waals surface area contributed by atoms with E-state index in [1.807, 2.05) is 13.8 Å². The Kier molecular flexibility index (Phi) is 10.5. The molecule has 1 amide bonds. The van der Waals surface area contributed by atoms with Crippen LogP contribution in [-0.2, 0) is 14.3 Å². The van der Waals surface area contributed by atoms with Crippen LogP contribution in [0.1, 0.15) is 59.3 Å². The summed E-state index contributed by atoms with van der Waals surface area (Å²) < 4.78 is 4.99. The number of ether oxygens (including phenoxy) is 1. The topological polar surface area (TPSA) is 72.6 Å². The first-order chi connectivity index (χ1) is 10.4. The second-order valence-corrected chi connectivity index (χ2v) is 6.91. The van der Waals surface area contributed by atoms with E-state index in [4.69, 9.17) is 10.5 Å². The Bertz CT molecular complexity index is 369. The predicted octanol–water partition coefficient (Wildman–Crippen LogP) is 2.76. The molecular formula is C17H33ClN2O3. The molecule has 0 aromatic rings. The van der Waals surface area contributed by atoms with Crippen molar-refractivity contribution in [3.8, 4) is 0 Å². The third kappa shape index (κ3) is 7.53. The largest absolute Gasteiger partial charge is 0.465 e.